The molecule has 0 aliphatic carbocycles. The van der Waals surface area contributed by atoms with E-state index in [4.69, 9.17) is 11.6 Å². The maximum Gasteiger partial charge on any atom is 0.0595 e. The highest BCUT2D eigenvalue weighted by Gasteiger charge is 2.32. The largest absolute Gasteiger partial charge is 0.364 e. The minimum atomic E-state index is 0.132. The Kier molecular flexibility index (Phi) is 4.25. The zero-order chi connectivity index (χ0) is 13.3. The zero-order valence-corrected chi connectivity index (χ0v) is 13.5. The molecule has 1 atom stereocenters. The van der Waals surface area contributed by atoms with Crippen LogP contribution in [0.5, 0.6) is 0 Å². The van der Waals surface area contributed by atoms with E-state index in [0.717, 1.165) is 29.0 Å². The maximum absolute atomic E-state index is 6.21. The van der Waals surface area contributed by atoms with Gasteiger partial charge in [-0.15, -0.1) is 0 Å². The standard InChI is InChI=1S/C14H20BrClN2/c1-4-10-8-17-14(2,3)9-18(10)12-7-5-6-11(16)13(12)15/h5-7,10,17H,4,8-9H2,1-3H3. The Morgan fingerprint density at radius 3 is 2.89 bits per heavy atom. The molecular formula is C14H20BrClN2. The van der Waals surface area contributed by atoms with Gasteiger partial charge in [0.05, 0.1) is 15.2 Å². The summed E-state index contributed by atoms with van der Waals surface area (Å²) in [6, 6.07) is 6.60. The molecule has 4 heteroatoms. The fourth-order valence-electron chi connectivity index (χ4n) is 2.48. The van der Waals surface area contributed by atoms with E-state index >= 15 is 0 Å². The van der Waals surface area contributed by atoms with Crippen molar-refractivity contribution in [1.29, 1.82) is 0 Å². The van der Waals surface area contributed by atoms with Gasteiger partial charge in [0.2, 0.25) is 0 Å². The van der Waals surface area contributed by atoms with Gasteiger partial charge in [-0.05, 0) is 48.3 Å². The van der Waals surface area contributed by atoms with Crippen LogP contribution in [0, 0.1) is 0 Å². The van der Waals surface area contributed by atoms with Gasteiger partial charge in [-0.25, -0.2) is 0 Å². The van der Waals surface area contributed by atoms with Crippen LogP contribution in [0.15, 0.2) is 22.7 Å². The number of nitrogens with one attached hydrogen (secondary N) is 1. The van der Waals surface area contributed by atoms with Crippen molar-refractivity contribution in [2.24, 2.45) is 0 Å². The molecule has 1 aliphatic rings. The van der Waals surface area contributed by atoms with Gasteiger partial charge >= 0.3 is 0 Å². The van der Waals surface area contributed by atoms with E-state index < -0.39 is 0 Å². The van der Waals surface area contributed by atoms with Crippen molar-refractivity contribution < 1.29 is 0 Å². The van der Waals surface area contributed by atoms with Crippen LogP contribution in [0.3, 0.4) is 0 Å². The molecule has 0 saturated carbocycles. The normalized spacial score (nSPS) is 23.2. The molecule has 0 aromatic heterocycles. The summed E-state index contributed by atoms with van der Waals surface area (Å²) >= 11 is 9.82. The lowest BCUT2D eigenvalue weighted by Crippen LogP contribution is -2.61. The summed E-state index contributed by atoms with van der Waals surface area (Å²) in [5.41, 5.74) is 1.33. The number of hydrogen-bond acceptors (Lipinski definition) is 2. The van der Waals surface area contributed by atoms with Crippen LogP contribution < -0.4 is 10.2 Å². The van der Waals surface area contributed by atoms with Gasteiger partial charge in [-0.1, -0.05) is 24.6 Å². The molecule has 1 aromatic carbocycles. The van der Waals surface area contributed by atoms with E-state index in [0.29, 0.717) is 6.04 Å². The second-order valence-electron chi connectivity index (χ2n) is 5.53. The smallest absolute Gasteiger partial charge is 0.0595 e. The average Bonchev–Trinajstić information content (AvgIpc) is 2.32. The summed E-state index contributed by atoms with van der Waals surface area (Å²) in [7, 11) is 0. The van der Waals surface area contributed by atoms with E-state index in [1.165, 1.54) is 5.69 Å². The quantitative estimate of drug-likeness (QED) is 0.879. The zero-order valence-electron chi connectivity index (χ0n) is 11.1. The molecule has 1 aliphatic heterocycles. The molecule has 1 unspecified atom stereocenters. The first-order valence-corrected chi connectivity index (χ1v) is 7.57. The SMILES string of the molecule is CCC1CNC(C)(C)CN1c1cccc(Cl)c1Br. The minimum absolute atomic E-state index is 0.132. The molecule has 0 amide bonds. The molecule has 2 nitrogen and oxygen atoms in total. The van der Waals surface area contributed by atoms with E-state index in [2.05, 4.69) is 53.0 Å². The third kappa shape index (κ3) is 2.84. The Labute approximate surface area is 123 Å². The van der Waals surface area contributed by atoms with Crippen LogP contribution in [-0.2, 0) is 0 Å². The Balaban J connectivity index is 2.36. The summed E-state index contributed by atoms with van der Waals surface area (Å²) in [6.07, 6.45) is 1.13. The number of anilines is 1. The molecule has 0 spiro atoms. The van der Waals surface area contributed by atoms with Gasteiger partial charge in [-0.2, -0.15) is 0 Å². The van der Waals surface area contributed by atoms with Crippen LogP contribution in [0.25, 0.3) is 0 Å². The molecule has 0 bridgehead atoms. The van der Waals surface area contributed by atoms with Crippen molar-refractivity contribution >= 4 is 33.2 Å². The van der Waals surface area contributed by atoms with Crippen LogP contribution in [0.1, 0.15) is 27.2 Å². The Hall–Kier alpha value is -0.250. The molecule has 2 rings (SSSR count). The summed E-state index contributed by atoms with van der Waals surface area (Å²) in [4.78, 5) is 2.46. The summed E-state index contributed by atoms with van der Waals surface area (Å²) < 4.78 is 1.00. The fraction of sp³-hybridized carbons (Fsp3) is 0.571. The van der Waals surface area contributed by atoms with Gasteiger partial charge in [0, 0.05) is 24.7 Å². The lowest BCUT2D eigenvalue weighted by Gasteiger charge is -2.46. The van der Waals surface area contributed by atoms with E-state index in [1.807, 2.05) is 12.1 Å². The molecule has 1 fully saturated rings. The monoisotopic (exact) mass is 330 g/mol. The fourth-order valence-corrected chi connectivity index (χ4v) is 3.14. The van der Waals surface area contributed by atoms with Crippen molar-refractivity contribution in [3.05, 3.63) is 27.7 Å². The third-order valence-electron chi connectivity index (χ3n) is 3.53. The summed E-state index contributed by atoms with van der Waals surface area (Å²) in [5, 5.41) is 4.38. The molecular weight excluding hydrogens is 312 g/mol. The predicted molar refractivity (Wildman–Crippen MR) is 82.7 cm³/mol. The van der Waals surface area contributed by atoms with Gasteiger partial charge in [-0.3, -0.25) is 0 Å². The topological polar surface area (TPSA) is 15.3 Å². The third-order valence-corrected chi connectivity index (χ3v) is 4.91. The first kappa shape index (κ1) is 14.2. The number of nitrogens with zero attached hydrogens (tertiary/aromatic N) is 1. The van der Waals surface area contributed by atoms with E-state index in [1.54, 1.807) is 0 Å². The van der Waals surface area contributed by atoms with Crippen molar-refractivity contribution in [2.45, 2.75) is 38.8 Å². The molecule has 100 valence electrons. The van der Waals surface area contributed by atoms with Crippen LogP contribution in [0.4, 0.5) is 5.69 Å². The highest BCUT2D eigenvalue weighted by molar-refractivity contribution is 9.10. The second kappa shape index (κ2) is 5.40. The molecule has 1 N–H and O–H groups in total. The summed E-state index contributed by atoms with van der Waals surface area (Å²) in [6.45, 7) is 8.72. The number of hydrogen-bond donors (Lipinski definition) is 1. The minimum Gasteiger partial charge on any atom is -0.364 e. The van der Waals surface area contributed by atoms with Crippen molar-refractivity contribution in [2.75, 3.05) is 18.0 Å². The number of rotatable bonds is 2. The second-order valence-corrected chi connectivity index (χ2v) is 6.73. The van der Waals surface area contributed by atoms with Gasteiger partial charge in [0.25, 0.3) is 0 Å². The molecule has 18 heavy (non-hydrogen) atoms. The highest BCUT2D eigenvalue weighted by Crippen LogP contribution is 2.35. The van der Waals surface area contributed by atoms with Crippen LogP contribution >= 0.6 is 27.5 Å². The van der Waals surface area contributed by atoms with Crippen LogP contribution in [-0.4, -0.2) is 24.7 Å². The first-order chi connectivity index (χ1) is 8.44. The maximum atomic E-state index is 6.21. The van der Waals surface area contributed by atoms with Gasteiger partial charge in [0.1, 0.15) is 0 Å². The van der Waals surface area contributed by atoms with E-state index in [9.17, 15) is 0 Å². The van der Waals surface area contributed by atoms with Gasteiger partial charge in [0.15, 0.2) is 0 Å². The molecule has 1 saturated heterocycles. The molecule has 1 aromatic rings. The van der Waals surface area contributed by atoms with Gasteiger partial charge < -0.3 is 10.2 Å². The predicted octanol–water partition coefficient (Wildman–Crippen LogP) is 4.07. The average molecular weight is 332 g/mol. The summed E-state index contributed by atoms with van der Waals surface area (Å²) in [5.74, 6) is 0. The number of halogens is 2. The highest BCUT2D eigenvalue weighted by atomic mass is 79.9. The Morgan fingerprint density at radius 2 is 2.22 bits per heavy atom. The Morgan fingerprint density at radius 1 is 1.50 bits per heavy atom. The lowest BCUT2D eigenvalue weighted by atomic mass is 9.97. The van der Waals surface area contributed by atoms with Crippen molar-refractivity contribution in [3.63, 3.8) is 0 Å². The number of benzene rings is 1. The van der Waals surface area contributed by atoms with Crippen molar-refractivity contribution in [1.82, 2.24) is 5.32 Å². The lowest BCUT2D eigenvalue weighted by molar-refractivity contribution is 0.306. The van der Waals surface area contributed by atoms with Crippen LogP contribution in [0.2, 0.25) is 5.02 Å². The first-order valence-electron chi connectivity index (χ1n) is 6.40. The Bertz CT molecular complexity index is 434. The van der Waals surface area contributed by atoms with Crippen molar-refractivity contribution in [3.8, 4) is 0 Å². The number of piperazine rings is 1. The molecule has 0 radical (unpaired) electrons. The molecule has 1 heterocycles. The van der Waals surface area contributed by atoms with E-state index in [-0.39, 0.29) is 5.54 Å².